The van der Waals surface area contributed by atoms with Gasteiger partial charge in [0.2, 0.25) is 11.8 Å². The number of carbonyl (C=O) groups is 3. The SMILES string of the molecule is Cc1c(Cl)cccc1NC(=O)CCC(=O)NNC(=S)NC(=O)c1ccc(C(C)(C)C)cc1. The molecule has 0 bridgehead atoms. The van der Waals surface area contributed by atoms with Gasteiger partial charge in [-0.05, 0) is 59.9 Å². The van der Waals surface area contributed by atoms with Gasteiger partial charge in [0.1, 0.15) is 0 Å². The first-order chi connectivity index (χ1) is 15.0. The van der Waals surface area contributed by atoms with E-state index in [1.807, 2.05) is 12.1 Å². The van der Waals surface area contributed by atoms with Gasteiger partial charge in [-0.2, -0.15) is 0 Å². The molecule has 0 heterocycles. The lowest BCUT2D eigenvalue weighted by Gasteiger charge is -2.19. The Morgan fingerprint density at radius 2 is 1.56 bits per heavy atom. The van der Waals surface area contributed by atoms with Crippen molar-refractivity contribution in [3.05, 3.63) is 64.2 Å². The number of hydrazine groups is 1. The average molecular weight is 475 g/mol. The molecule has 2 rings (SSSR count). The van der Waals surface area contributed by atoms with E-state index in [9.17, 15) is 14.4 Å². The van der Waals surface area contributed by atoms with Crippen LogP contribution in [0.2, 0.25) is 5.02 Å². The van der Waals surface area contributed by atoms with E-state index in [4.69, 9.17) is 23.8 Å². The van der Waals surface area contributed by atoms with Crippen LogP contribution in [0.4, 0.5) is 5.69 Å². The lowest BCUT2D eigenvalue weighted by Crippen LogP contribution is -2.48. The van der Waals surface area contributed by atoms with E-state index in [1.165, 1.54) is 0 Å². The Morgan fingerprint density at radius 3 is 2.19 bits per heavy atom. The quantitative estimate of drug-likeness (QED) is 0.388. The van der Waals surface area contributed by atoms with Gasteiger partial charge in [0, 0.05) is 29.1 Å². The summed E-state index contributed by atoms with van der Waals surface area (Å²) in [5.41, 5.74) is 7.71. The maximum Gasteiger partial charge on any atom is 0.257 e. The maximum absolute atomic E-state index is 12.3. The Labute approximate surface area is 198 Å². The third-order valence-electron chi connectivity index (χ3n) is 4.68. The van der Waals surface area contributed by atoms with Gasteiger partial charge in [-0.25, -0.2) is 0 Å². The average Bonchev–Trinajstić information content (AvgIpc) is 2.73. The van der Waals surface area contributed by atoms with Crippen molar-refractivity contribution < 1.29 is 14.4 Å². The van der Waals surface area contributed by atoms with E-state index >= 15 is 0 Å². The Balaban J connectivity index is 1.74. The van der Waals surface area contributed by atoms with Crippen LogP contribution in [0.3, 0.4) is 0 Å². The highest BCUT2D eigenvalue weighted by Crippen LogP contribution is 2.23. The Kier molecular flexibility index (Phi) is 8.74. The van der Waals surface area contributed by atoms with Crippen molar-refractivity contribution in [1.29, 1.82) is 0 Å². The van der Waals surface area contributed by atoms with Crippen LogP contribution in [0.15, 0.2) is 42.5 Å². The number of thiocarbonyl (C=S) groups is 1. The molecule has 7 nitrogen and oxygen atoms in total. The fraction of sp³-hybridized carbons (Fsp3) is 0.304. The lowest BCUT2D eigenvalue weighted by molar-refractivity contribution is -0.124. The number of nitrogens with one attached hydrogen (secondary N) is 4. The molecule has 0 aliphatic carbocycles. The molecule has 4 N–H and O–H groups in total. The third kappa shape index (κ3) is 7.62. The molecule has 0 atom stereocenters. The zero-order valence-corrected chi connectivity index (χ0v) is 20.0. The van der Waals surface area contributed by atoms with Crippen LogP contribution in [0.25, 0.3) is 0 Å². The fourth-order valence-electron chi connectivity index (χ4n) is 2.70. The van der Waals surface area contributed by atoms with Gasteiger partial charge >= 0.3 is 0 Å². The van der Waals surface area contributed by atoms with Crippen molar-refractivity contribution in [3.63, 3.8) is 0 Å². The molecule has 0 saturated carbocycles. The molecular weight excluding hydrogens is 448 g/mol. The van der Waals surface area contributed by atoms with Gasteiger partial charge in [-0.15, -0.1) is 0 Å². The molecule has 0 unspecified atom stereocenters. The second-order valence-electron chi connectivity index (χ2n) is 8.24. The molecule has 0 fully saturated rings. The van der Waals surface area contributed by atoms with Crippen molar-refractivity contribution in [2.24, 2.45) is 0 Å². The summed E-state index contributed by atoms with van der Waals surface area (Å²) in [5.74, 6) is -1.16. The largest absolute Gasteiger partial charge is 0.326 e. The predicted octanol–water partition coefficient (Wildman–Crippen LogP) is 4.00. The van der Waals surface area contributed by atoms with Crippen LogP contribution < -0.4 is 21.5 Å². The minimum Gasteiger partial charge on any atom is -0.326 e. The number of halogens is 1. The van der Waals surface area contributed by atoms with Crippen molar-refractivity contribution in [3.8, 4) is 0 Å². The van der Waals surface area contributed by atoms with Crippen LogP contribution in [-0.2, 0) is 15.0 Å². The maximum atomic E-state index is 12.3. The Morgan fingerprint density at radius 1 is 0.938 bits per heavy atom. The van der Waals surface area contributed by atoms with E-state index in [0.717, 1.165) is 11.1 Å². The van der Waals surface area contributed by atoms with Gasteiger partial charge in [-0.1, -0.05) is 50.6 Å². The highest BCUT2D eigenvalue weighted by atomic mass is 35.5. The zero-order chi connectivity index (χ0) is 23.9. The number of amides is 3. The number of hydrogen-bond acceptors (Lipinski definition) is 4. The van der Waals surface area contributed by atoms with E-state index in [-0.39, 0.29) is 29.3 Å². The van der Waals surface area contributed by atoms with Crippen molar-refractivity contribution >= 4 is 52.3 Å². The molecule has 0 aromatic heterocycles. The summed E-state index contributed by atoms with van der Waals surface area (Å²) in [5, 5.41) is 5.71. The molecule has 0 radical (unpaired) electrons. The first-order valence-corrected chi connectivity index (χ1v) is 10.8. The summed E-state index contributed by atoms with van der Waals surface area (Å²) in [4.78, 5) is 36.3. The predicted molar refractivity (Wildman–Crippen MR) is 131 cm³/mol. The van der Waals surface area contributed by atoms with Crippen molar-refractivity contribution in [2.45, 2.75) is 46.0 Å². The second kappa shape index (κ2) is 11.1. The molecule has 3 amide bonds. The minimum absolute atomic E-state index is 0.0139. The summed E-state index contributed by atoms with van der Waals surface area (Å²) in [6, 6.07) is 12.4. The highest BCUT2D eigenvalue weighted by molar-refractivity contribution is 7.80. The molecule has 0 saturated heterocycles. The molecule has 9 heteroatoms. The molecule has 32 heavy (non-hydrogen) atoms. The normalized spacial score (nSPS) is 10.8. The summed E-state index contributed by atoms with van der Waals surface area (Å²) in [6.07, 6.45) is -0.0953. The van der Waals surface area contributed by atoms with Gasteiger partial charge in [0.25, 0.3) is 5.91 Å². The Bertz CT molecular complexity index is 1020. The van der Waals surface area contributed by atoms with Crippen LogP contribution in [0.1, 0.15) is 55.1 Å². The number of carbonyl (C=O) groups excluding carboxylic acids is 3. The molecule has 170 valence electrons. The van der Waals surface area contributed by atoms with E-state index in [1.54, 1.807) is 37.3 Å². The molecule has 0 spiro atoms. The van der Waals surface area contributed by atoms with Gasteiger partial charge in [-0.3, -0.25) is 30.6 Å². The van der Waals surface area contributed by atoms with E-state index in [2.05, 4.69) is 42.3 Å². The van der Waals surface area contributed by atoms with E-state index in [0.29, 0.717) is 16.3 Å². The fourth-order valence-corrected chi connectivity index (χ4v) is 3.02. The molecular formula is C23H27ClN4O3S. The van der Waals surface area contributed by atoms with Gasteiger partial charge < -0.3 is 5.32 Å². The molecule has 0 aliphatic rings. The summed E-state index contributed by atoms with van der Waals surface area (Å²) < 4.78 is 0. The van der Waals surface area contributed by atoms with Crippen LogP contribution in [0.5, 0.6) is 0 Å². The zero-order valence-electron chi connectivity index (χ0n) is 18.5. The van der Waals surface area contributed by atoms with Gasteiger partial charge in [0.05, 0.1) is 0 Å². The van der Waals surface area contributed by atoms with Crippen molar-refractivity contribution in [2.75, 3.05) is 5.32 Å². The summed E-state index contributed by atoms with van der Waals surface area (Å²) in [7, 11) is 0. The highest BCUT2D eigenvalue weighted by Gasteiger charge is 2.15. The van der Waals surface area contributed by atoms with Crippen LogP contribution >= 0.6 is 23.8 Å². The summed E-state index contributed by atoms with van der Waals surface area (Å²) in [6.45, 7) is 8.06. The number of anilines is 1. The van der Waals surface area contributed by atoms with Crippen LogP contribution in [-0.4, -0.2) is 22.8 Å². The van der Waals surface area contributed by atoms with E-state index < -0.39 is 11.8 Å². The lowest BCUT2D eigenvalue weighted by atomic mass is 9.87. The topological polar surface area (TPSA) is 99.3 Å². The monoisotopic (exact) mass is 474 g/mol. The standard InChI is InChI=1S/C23H27ClN4O3S/c1-14-17(24)6-5-7-18(14)25-19(29)12-13-20(30)27-28-22(32)26-21(31)15-8-10-16(11-9-15)23(2,3)4/h5-11H,12-13H2,1-4H3,(H,25,29)(H,27,30)(H2,26,28,31,32). The first-order valence-electron chi connectivity index (χ1n) is 10.0. The molecule has 2 aromatic rings. The third-order valence-corrected chi connectivity index (χ3v) is 5.29. The van der Waals surface area contributed by atoms with Crippen molar-refractivity contribution in [1.82, 2.24) is 16.2 Å². The number of benzene rings is 2. The molecule has 0 aliphatic heterocycles. The Hall–Kier alpha value is -2.97. The molecule has 2 aromatic carbocycles. The first kappa shape index (κ1) is 25.3. The van der Waals surface area contributed by atoms with Gasteiger partial charge in [0.15, 0.2) is 5.11 Å². The number of hydrogen-bond donors (Lipinski definition) is 4. The van der Waals surface area contributed by atoms with Crippen LogP contribution in [0, 0.1) is 6.92 Å². The summed E-state index contributed by atoms with van der Waals surface area (Å²) >= 11 is 11.1. The number of rotatable bonds is 5. The second-order valence-corrected chi connectivity index (χ2v) is 9.06. The minimum atomic E-state index is -0.450. The smallest absolute Gasteiger partial charge is 0.257 e.